The van der Waals surface area contributed by atoms with Crippen LogP contribution in [0.5, 0.6) is 0 Å². The first kappa shape index (κ1) is 14.4. The Balaban J connectivity index is 1.96. The van der Waals surface area contributed by atoms with Crippen molar-refractivity contribution >= 4 is 12.0 Å². The molecule has 6 heteroatoms. The number of rotatable bonds is 3. The highest BCUT2D eigenvalue weighted by Gasteiger charge is 2.30. The summed E-state index contributed by atoms with van der Waals surface area (Å²) in [6.07, 6.45) is 3.17. The van der Waals surface area contributed by atoms with Crippen molar-refractivity contribution in [3.05, 3.63) is 23.7 Å². The molecule has 1 unspecified atom stereocenters. The first-order valence-electron chi connectivity index (χ1n) is 6.90. The first-order chi connectivity index (χ1) is 9.58. The Hall–Kier alpha value is -1.98. The van der Waals surface area contributed by atoms with Crippen LogP contribution in [0, 0.1) is 6.92 Å². The molecular weight excluding hydrogens is 260 g/mol. The smallest absolute Gasteiger partial charge is 0.326 e. The van der Waals surface area contributed by atoms with E-state index in [0.29, 0.717) is 18.7 Å². The lowest BCUT2D eigenvalue weighted by Crippen LogP contribution is -2.49. The van der Waals surface area contributed by atoms with E-state index >= 15 is 0 Å². The molecule has 0 spiro atoms. The van der Waals surface area contributed by atoms with Gasteiger partial charge in [0.25, 0.3) is 0 Å². The zero-order valence-corrected chi connectivity index (χ0v) is 11.6. The third-order valence-electron chi connectivity index (χ3n) is 3.51. The SMILES string of the molecule is Cc1ccc(CNC(=O)N2CCCCCC2C(=O)O)o1. The fourth-order valence-electron chi connectivity index (χ4n) is 2.45. The first-order valence-corrected chi connectivity index (χ1v) is 6.90. The second-order valence-electron chi connectivity index (χ2n) is 5.07. The van der Waals surface area contributed by atoms with Gasteiger partial charge in [0.1, 0.15) is 17.6 Å². The number of aryl methyl sites for hydroxylation is 1. The fraction of sp³-hybridized carbons (Fsp3) is 0.571. The lowest BCUT2D eigenvalue weighted by molar-refractivity contribution is -0.142. The van der Waals surface area contributed by atoms with Gasteiger partial charge in [0.2, 0.25) is 0 Å². The van der Waals surface area contributed by atoms with E-state index in [1.54, 1.807) is 6.07 Å². The van der Waals surface area contributed by atoms with Crippen molar-refractivity contribution in [3.8, 4) is 0 Å². The Bertz CT molecular complexity index is 483. The van der Waals surface area contributed by atoms with Crippen LogP contribution < -0.4 is 5.32 Å². The van der Waals surface area contributed by atoms with Gasteiger partial charge >= 0.3 is 12.0 Å². The molecule has 20 heavy (non-hydrogen) atoms. The van der Waals surface area contributed by atoms with Crippen molar-refractivity contribution in [3.63, 3.8) is 0 Å². The van der Waals surface area contributed by atoms with Crippen molar-refractivity contribution in [2.75, 3.05) is 6.54 Å². The van der Waals surface area contributed by atoms with E-state index in [1.165, 1.54) is 4.90 Å². The minimum atomic E-state index is -0.934. The molecule has 1 saturated heterocycles. The molecule has 1 aliphatic rings. The number of hydrogen-bond donors (Lipinski definition) is 2. The second kappa shape index (κ2) is 6.45. The molecule has 110 valence electrons. The van der Waals surface area contributed by atoms with Crippen molar-refractivity contribution in [1.29, 1.82) is 0 Å². The maximum absolute atomic E-state index is 12.2. The van der Waals surface area contributed by atoms with Crippen LogP contribution in [0.3, 0.4) is 0 Å². The van der Waals surface area contributed by atoms with Crippen molar-refractivity contribution in [2.24, 2.45) is 0 Å². The number of furan rings is 1. The number of aliphatic carboxylic acids is 1. The molecule has 2 amide bonds. The lowest BCUT2D eigenvalue weighted by atomic mass is 10.1. The van der Waals surface area contributed by atoms with E-state index in [-0.39, 0.29) is 12.6 Å². The summed E-state index contributed by atoms with van der Waals surface area (Å²) >= 11 is 0. The highest BCUT2D eigenvalue weighted by molar-refractivity contribution is 5.82. The topological polar surface area (TPSA) is 82.8 Å². The third-order valence-corrected chi connectivity index (χ3v) is 3.51. The quantitative estimate of drug-likeness (QED) is 0.888. The van der Waals surface area contributed by atoms with Crippen LogP contribution in [0.1, 0.15) is 37.2 Å². The maximum atomic E-state index is 12.2. The number of urea groups is 1. The van der Waals surface area contributed by atoms with Gasteiger partial charge in [-0.3, -0.25) is 0 Å². The molecule has 0 bridgehead atoms. The van der Waals surface area contributed by atoms with Crippen molar-refractivity contribution in [1.82, 2.24) is 10.2 Å². The van der Waals surface area contributed by atoms with E-state index < -0.39 is 12.0 Å². The highest BCUT2D eigenvalue weighted by atomic mass is 16.4. The predicted molar refractivity (Wildman–Crippen MR) is 72.3 cm³/mol. The lowest BCUT2D eigenvalue weighted by Gasteiger charge is -2.26. The normalized spacial score (nSPS) is 19.4. The Morgan fingerprint density at radius 1 is 1.40 bits per heavy atom. The summed E-state index contributed by atoms with van der Waals surface area (Å²) < 4.78 is 5.37. The van der Waals surface area contributed by atoms with Gasteiger partial charge in [-0.1, -0.05) is 12.8 Å². The van der Waals surface area contributed by atoms with Crippen LogP contribution in [-0.2, 0) is 11.3 Å². The fourth-order valence-corrected chi connectivity index (χ4v) is 2.45. The molecule has 0 aromatic carbocycles. The molecular formula is C14H20N2O4. The Morgan fingerprint density at radius 2 is 2.20 bits per heavy atom. The number of carbonyl (C=O) groups is 2. The van der Waals surface area contributed by atoms with Crippen LogP contribution in [-0.4, -0.2) is 34.6 Å². The zero-order valence-electron chi connectivity index (χ0n) is 11.6. The average molecular weight is 280 g/mol. The average Bonchev–Trinajstić information content (AvgIpc) is 2.68. The molecule has 1 aromatic heterocycles. The molecule has 2 N–H and O–H groups in total. The molecule has 0 aliphatic carbocycles. The van der Waals surface area contributed by atoms with Gasteiger partial charge in [-0.05, 0) is 31.9 Å². The predicted octanol–water partition coefficient (Wildman–Crippen LogP) is 2.13. The van der Waals surface area contributed by atoms with Crippen LogP contribution in [0.2, 0.25) is 0 Å². The van der Waals surface area contributed by atoms with Crippen molar-refractivity contribution < 1.29 is 19.1 Å². The summed E-state index contributed by atoms with van der Waals surface area (Å²) in [5.41, 5.74) is 0. The number of nitrogens with one attached hydrogen (secondary N) is 1. The van der Waals surface area contributed by atoms with Gasteiger partial charge in [-0.2, -0.15) is 0 Å². The van der Waals surface area contributed by atoms with E-state index in [0.717, 1.165) is 25.0 Å². The Morgan fingerprint density at radius 3 is 2.85 bits per heavy atom. The van der Waals surface area contributed by atoms with E-state index in [4.69, 9.17) is 4.42 Å². The molecule has 0 radical (unpaired) electrons. The van der Waals surface area contributed by atoms with Gasteiger partial charge in [-0.25, -0.2) is 9.59 Å². The number of carboxylic acids is 1. The number of likely N-dealkylation sites (tertiary alicyclic amines) is 1. The summed E-state index contributed by atoms with van der Waals surface area (Å²) in [6.45, 7) is 2.59. The molecule has 1 atom stereocenters. The number of nitrogens with zero attached hydrogens (tertiary/aromatic N) is 1. The molecule has 2 rings (SSSR count). The maximum Gasteiger partial charge on any atom is 0.326 e. The minimum Gasteiger partial charge on any atom is -0.480 e. The van der Waals surface area contributed by atoms with Gasteiger partial charge in [0.05, 0.1) is 6.54 Å². The van der Waals surface area contributed by atoms with Gasteiger partial charge in [0.15, 0.2) is 0 Å². The molecule has 2 heterocycles. The number of carboxylic acid groups (broad SMARTS) is 1. The van der Waals surface area contributed by atoms with Gasteiger partial charge in [-0.15, -0.1) is 0 Å². The second-order valence-corrected chi connectivity index (χ2v) is 5.07. The van der Waals surface area contributed by atoms with Gasteiger partial charge in [0, 0.05) is 6.54 Å². The number of carbonyl (C=O) groups excluding carboxylic acids is 1. The van der Waals surface area contributed by atoms with Crippen LogP contribution >= 0.6 is 0 Å². The summed E-state index contributed by atoms with van der Waals surface area (Å²) in [6, 6.07) is 2.56. The van der Waals surface area contributed by atoms with Crippen LogP contribution in [0.25, 0.3) is 0 Å². The zero-order chi connectivity index (χ0) is 14.5. The monoisotopic (exact) mass is 280 g/mol. The molecule has 1 aliphatic heterocycles. The summed E-state index contributed by atoms with van der Waals surface area (Å²) in [7, 11) is 0. The van der Waals surface area contributed by atoms with Crippen LogP contribution in [0.4, 0.5) is 4.79 Å². The summed E-state index contributed by atoms with van der Waals surface area (Å²) in [4.78, 5) is 24.8. The Labute approximate surface area is 117 Å². The van der Waals surface area contributed by atoms with E-state index in [1.807, 2.05) is 13.0 Å². The standard InChI is InChI=1S/C14H20N2O4/c1-10-6-7-11(20-10)9-15-14(19)16-8-4-2-3-5-12(16)13(17)18/h6-7,12H,2-5,8-9H2,1H3,(H,15,19)(H,17,18). The largest absolute Gasteiger partial charge is 0.480 e. The Kier molecular flexibility index (Phi) is 4.65. The number of hydrogen-bond acceptors (Lipinski definition) is 3. The molecule has 1 fully saturated rings. The molecule has 1 aromatic rings. The molecule has 6 nitrogen and oxygen atoms in total. The summed E-state index contributed by atoms with van der Waals surface area (Å²) in [5, 5.41) is 12.0. The molecule has 0 saturated carbocycles. The highest BCUT2D eigenvalue weighted by Crippen LogP contribution is 2.17. The number of amides is 2. The van der Waals surface area contributed by atoms with E-state index in [9.17, 15) is 14.7 Å². The summed E-state index contributed by atoms with van der Waals surface area (Å²) in [5.74, 6) is 0.515. The van der Waals surface area contributed by atoms with Gasteiger partial charge < -0.3 is 19.7 Å². The van der Waals surface area contributed by atoms with Crippen molar-refractivity contribution in [2.45, 2.75) is 45.2 Å². The van der Waals surface area contributed by atoms with Crippen LogP contribution in [0.15, 0.2) is 16.5 Å². The minimum absolute atomic E-state index is 0.273. The van der Waals surface area contributed by atoms with E-state index in [2.05, 4.69) is 5.32 Å². The third kappa shape index (κ3) is 3.53.